The lowest BCUT2D eigenvalue weighted by atomic mass is 10.1. The fourth-order valence-corrected chi connectivity index (χ4v) is 2.76. The standard InChI is InChI=1S/C20H19FO5/c1-2-15-17(25-18(22)13-9-5-3-6-10-13)16(21)20(24-15)26-19(23)14-11-7-4-8-12-14/h3-12,15-17,20H,2H2,1H3/t15-,16+,17-,20-/m1/s1. The van der Waals surface area contributed by atoms with Gasteiger partial charge >= 0.3 is 11.9 Å². The van der Waals surface area contributed by atoms with E-state index in [9.17, 15) is 14.0 Å². The summed E-state index contributed by atoms with van der Waals surface area (Å²) in [7, 11) is 0. The minimum absolute atomic E-state index is 0.293. The van der Waals surface area contributed by atoms with Crippen LogP contribution in [0.2, 0.25) is 0 Å². The van der Waals surface area contributed by atoms with E-state index in [-0.39, 0.29) is 0 Å². The van der Waals surface area contributed by atoms with Gasteiger partial charge in [0.1, 0.15) is 6.10 Å². The van der Waals surface area contributed by atoms with Crippen LogP contribution in [-0.2, 0) is 14.2 Å². The van der Waals surface area contributed by atoms with Crippen molar-refractivity contribution >= 4 is 11.9 Å². The monoisotopic (exact) mass is 358 g/mol. The van der Waals surface area contributed by atoms with E-state index < -0.39 is 36.6 Å². The molecule has 0 aliphatic carbocycles. The summed E-state index contributed by atoms with van der Waals surface area (Å²) >= 11 is 0. The Bertz CT molecular complexity index is 749. The number of hydrogen-bond donors (Lipinski definition) is 0. The number of hydrogen-bond acceptors (Lipinski definition) is 5. The van der Waals surface area contributed by atoms with E-state index >= 15 is 0 Å². The van der Waals surface area contributed by atoms with Crippen molar-refractivity contribution in [1.82, 2.24) is 0 Å². The van der Waals surface area contributed by atoms with Crippen molar-refractivity contribution in [3.05, 3.63) is 71.8 Å². The first-order valence-corrected chi connectivity index (χ1v) is 8.41. The molecular weight excluding hydrogens is 339 g/mol. The summed E-state index contributed by atoms with van der Waals surface area (Å²) in [5, 5.41) is 0. The van der Waals surface area contributed by atoms with Gasteiger partial charge in [0.15, 0.2) is 6.10 Å². The van der Waals surface area contributed by atoms with Crippen molar-refractivity contribution in [3.8, 4) is 0 Å². The predicted octanol–water partition coefficient (Wildman–Crippen LogP) is 3.54. The molecule has 4 atom stereocenters. The number of esters is 2. The minimum Gasteiger partial charge on any atom is -0.453 e. The summed E-state index contributed by atoms with van der Waals surface area (Å²) in [6.07, 6.45) is -4.60. The Morgan fingerprint density at radius 1 is 0.923 bits per heavy atom. The molecule has 136 valence electrons. The zero-order valence-corrected chi connectivity index (χ0v) is 14.2. The molecule has 2 aromatic rings. The Morgan fingerprint density at radius 2 is 1.42 bits per heavy atom. The van der Waals surface area contributed by atoms with Crippen molar-refractivity contribution in [2.24, 2.45) is 0 Å². The predicted molar refractivity (Wildman–Crippen MR) is 91.4 cm³/mol. The van der Waals surface area contributed by atoms with Crippen LogP contribution >= 0.6 is 0 Å². The molecule has 0 unspecified atom stereocenters. The SMILES string of the molecule is CC[C@H]1O[C@H](OC(=O)c2ccccc2)[C@@H](F)[C@@H]1OC(=O)c1ccccc1. The highest BCUT2D eigenvalue weighted by atomic mass is 19.1. The third-order valence-electron chi connectivity index (χ3n) is 4.14. The van der Waals surface area contributed by atoms with Crippen LogP contribution in [0.25, 0.3) is 0 Å². The van der Waals surface area contributed by atoms with E-state index in [0.717, 1.165) is 0 Å². The van der Waals surface area contributed by atoms with Crippen LogP contribution in [-0.4, -0.2) is 36.6 Å². The van der Waals surface area contributed by atoms with Crippen molar-refractivity contribution in [1.29, 1.82) is 0 Å². The number of rotatable bonds is 5. The quantitative estimate of drug-likeness (QED) is 0.765. The zero-order valence-electron chi connectivity index (χ0n) is 14.2. The Hall–Kier alpha value is -2.73. The molecule has 0 bridgehead atoms. The lowest BCUT2D eigenvalue weighted by Gasteiger charge is -2.18. The van der Waals surface area contributed by atoms with E-state index in [1.807, 2.05) is 0 Å². The van der Waals surface area contributed by atoms with Gasteiger partial charge in [-0.15, -0.1) is 0 Å². The molecular formula is C20H19FO5. The maximum atomic E-state index is 14.8. The maximum Gasteiger partial charge on any atom is 0.340 e. The smallest absolute Gasteiger partial charge is 0.340 e. The first-order valence-electron chi connectivity index (χ1n) is 8.41. The molecule has 1 aliphatic rings. The minimum atomic E-state index is -1.76. The average Bonchev–Trinajstić information content (AvgIpc) is 2.98. The van der Waals surface area contributed by atoms with E-state index in [4.69, 9.17) is 14.2 Å². The molecule has 1 fully saturated rings. The molecule has 0 saturated carbocycles. The molecule has 6 heteroatoms. The van der Waals surface area contributed by atoms with Gasteiger partial charge in [-0.3, -0.25) is 0 Å². The third-order valence-corrected chi connectivity index (χ3v) is 4.14. The zero-order chi connectivity index (χ0) is 18.5. The molecule has 3 rings (SSSR count). The molecule has 0 aromatic heterocycles. The first-order chi connectivity index (χ1) is 12.6. The number of benzene rings is 2. The number of alkyl halides is 1. The Balaban J connectivity index is 1.67. The number of carbonyl (C=O) groups is 2. The van der Waals surface area contributed by atoms with Gasteiger partial charge < -0.3 is 14.2 Å². The van der Waals surface area contributed by atoms with Crippen LogP contribution in [0.1, 0.15) is 34.1 Å². The summed E-state index contributed by atoms with van der Waals surface area (Å²) in [4.78, 5) is 24.3. The van der Waals surface area contributed by atoms with Gasteiger partial charge in [0.25, 0.3) is 0 Å². The molecule has 0 spiro atoms. The second kappa shape index (κ2) is 8.10. The fourth-order valence-electron chi connectivity index (χ4n) is 2.76. The first kappa shape index (κ1) is 18.1. The van der Waals surface area contributed by atoms with Crippen LogP contribution in [0, 0.1) is 0 Å². The van der Waals surface area contributed by atoms with Gasteiger partial charge in [-0.25, -0.2) is 14.0 Å². The molecule has 1 heterocycles. The summed E-state index contributed by atoms with van der Waals surface area (Å²) in [6.45, 7) is 1.78. The average molecular weight is 358 g/mol. The van der Waals surface area contributed by atoms with Crippen molar-refractivity contribution < 1.29 is 28.2 Å². The number of halogens is 1. The largest absolute Gasteiger partial charge is 0.453 e. The normalized spacial score (nSPS) is 24.8. The van der Waals surface area contributed by atoms with Gasteiger partial charge in [0.2, 0.25) is 12.5 Å². The topological polar surface area (TPSA) is 61.8 Å². The van der Waals surface area contributed by atoms with Crippen LogP contribution in [0.5, 0.6) is 0 Å². The van der Waals surface area contributed by atoms with Crippen LogP contribution in [0.3, 0.4) is 0 Å². The van der Waals surface area contributed by atoms with E-state index in [2.05, 4.69) is 0 Å². The van der Waals surface area contributed by atoms with Crippen LogP contribution in [0.15, 0.2) is 60.7 Å². The number of ether oxygens (including phenoxy) is 3. The summed E-state index contributed by atoms with van der Waals surface area (Å²) < 4.78 is 30.7. The summed E-state index contributed by atoms with van der Waals surface area (Å²) in [5.41, 5.74) is 0.611. The van der Waals surface area contributed by atoms with E-state index in [0.29, 0.717) is 17.5 Å². The second-order valence-electron chi connectivity index (χ2n) is 5.90. The molecule has 0 amide bonds. The molecule has 0 radical (unpaired) electrons. The highest BCUT2D eigenvalue weighted by Gasteiger charge is 2.49. The van der Waals surface area contributed by atoms with Crippen molar-refractivity contribution in [2.45, 2.75) is 38.0 Å². The van der Waals surface area contributed by atoms with E-state index in [1.165, 1.54) is 0 Å². The fraction of sp³-hybridized carbons (Fsp3) is 0.300. The molecule has 0 N–H and O–H groups in total. The van der Waals surface area contributed by atoms with Crippen LogP contribution < -0.4 is 0 Å². The third kappa shape index (κ3) is 3.91. The van der Waals surface area contributed by atoms with Gasteiger partial charge in [0, 0.05) is 0 Å². The highest BCUT2D eigenvalue weighted by Crippen LogP contribution is 2.30. The van der Waals surface area contributed by atoms with Gasteiger partial charge in [0.05, 0.1) is 11.1 Å². The summed E-state index contributed by atoms with van der Waals surface area (Å²) in [6, 6.07) is 16.6. The Morgan fingerprint density at radius 3 is 1.92 bits per heavy atom. The van der Waals surface area contributed by atoms with Crippen LogP contribution in [0.4, 0.5) is 4.39 Å². The lowest BCUT2D eigenvalue weighted by Crippen LogP contribution is -2.35. The van der Waals surface area contributed by atoms with Gasteiger partial charge in [-0.05, 0) is 30.7 Å². The van der Waals surface area contributed by atoms with Gasteiger partial charge in [-0.2, -0.15) is 0 Å². The Kier molecular flexibility index (Phi) is 5.63. The molecule has 1 aliphatic heterocycles. The van der Waals surface area contributed by atoms with Gasteiger partial charge in [-0.1, -0.05) is 43.3 Å². The lowest BCUT2D eigenvalue weighted by molar-refractivity contribution is -0.121. The maximum absolute atomic E-state index is 14.8. The molecule has 5 nitrogen and oxygen atoms in total. The summed E-state index contributed by atoms with van der Waals surface area (Å²) in [5.74, 6) is -1.33. The van der Waals surface area contributed by atoms with Crippen molar-refractivity contribution in [2.75, 3.05) is 0 Å². The molecule has 26 heavy (non-hydrogen) atoms. The van der Waals surface area contributed by atoms with E-state index in [1.54, 1.807) is 67.6 Å². The second-order valence-corrected chi connectivity index (χ2v) is 5.90. The molecule has 2 aromatic carbocycles. The number of carbonyl (C=O) groups excluding carboxylic acids is 2. The molecule has 1 saturated heterocycles. The van der Waals surface area contributed by atoms with Crippen molar-refractivity contribution in [3.63, 3.8) is 0 Å². The highest BCUT2D eigenvalue weighted by molar-refractivity contribution is 5.90. The Labute approximate surface area is 150 Å².